The van der Waals surface area contributed by atoms with Gasteiger partial charge in [-0.05, 0) is 50.0 Å². The molecule has 7 nitrogen and oxygen atoms in total. The molecule has 2 fully saturated rings. The fraction of sp³-hybridized carbons (Fsp3) is 0.417. The van der Waals surface area contributed by atoms with E-state index >= 15 is 0 Å². The van der Waals surface area contributed by atoms with Crippen LogP contribution >= 0.6 is 24.0 Å². The molecule has 10 heteroatoms. The van der Waals surface area contributed by atoms with Crippen LogP contribution in [-0.2, 0) is 0 Å². The van der Waals surface area contributed by atoms with Gasteiger partial charge in [-0.1, -0.05) is 17.7 Å². The van der Waals surface area contributed by atoms with Gasteiger partial charge in [-0.15, -0.1) is 12.4 Å². The van der Waals surface area contributed by atoms with Gasteiger partial charge in [0.25, 0.3) is 0 Å². The maximum atomic E-state index is 14.4. The number of nitrogens with one attached hydrogen (secondary N) is 2. The van der Waals surface area contributed by atoms with E-state index in [1.54, 1.807) is 25.3 Å². The van der Waals surface area contributed by atoms with E-state index in [0.717, 1.165) is 32.0 Å². The lowest BCUT2D eigenvalue weighted by molar-refractivity contribution is 0.217. The minimum atomic E-state index is -0.530. The highest BCUT2D eigenvalue weighted by Crippen LogP contribution is 2.35. The van der Waals surface area contributed by atoms with Crippen LogP contribution in [-0.4, -0.2) is 60.8 Å². The molecule has 2 aliphatic rings. The van der Waals surface area contributed by atoms with E-state index in [4.69, 9.17) is 21.1 Å². The largest absolute Gasteiger partial charge is 0.493 e. The van der Waals surface area contributed by atoms with E-state index in [9.17, 15) is 4.39 Å². The van der Waals surface area contributed by atoms with Crippen molar-refractivity contribution in [3.63, 3.8) is 0 Å². The van der Waals surface area contributed by atoms with Crippen molar-refractivity contribution in [2.45, 2.75) is 18.9 Å². The maximum absolute atomic E-state index is 14.4. The van der Waals surface area contributed by atoms with Crippen molar-refractivity contribution in [1.82, 2.24) is 20.2 Å². The Balaban J connectivity index is 0.00000274. The molecule has 5 rings (SSSR count). The second-order valence-electron chi connectivity index (χ2n) is 8.48. The van der Waals surface area contributed by atoms with Gasteiger partial charge in [0.15, 0.2) is 17.3 Å². The van der Waals surface area contributed by atoms with E-state index in [1.807, 2.05) is 6.07 Å². The lowest BCUT2D eigenvalue weighted by atomic mass is 10.1. The second-order valence-corrected chi connectivity index (χ2v) is 8.89. The van der Waals surface area contributed by atoms with Crippen molar-refractivity contribution < 1.29 is 13.9 Å². The van der Waals surface area contributed by atoms with E-state index in [2.05, 4.69) is 25.5 Å². The molecule has 0 aliphatic carbocycles. The molecule has 2 N–H and O–H groups in total. The summed E-state index contributed by atoms with van der Waals surface area (Å²) in [5.74, 6) is 1.93. The first-order chi connectivity index (χ1) is 16.1. The minimum Gasteiger partial charge on any atom is -0.493 e. The van der Waals surface area contributed by atoms with Crippen LogP contribution < -0.4 is 20.1 Å². The Hall–Kier alpha value is -2.39. The third-order valence-electron chi connectivity index (χ3n) is 6.53. The molecule has 182 valence electrons. The van der Waals surface area contributed by atoms with Crippen molar-refractivity contribution in [2.24, 2.45) is 5.92 Å². The van der Waals surface area contributed by atoms with E-state index in [1.165, 1.54) is 25.4 Å². The summed E-state index contributed by atoms with van der Waals surface area (Å²) >= 11 is 5.92. The fourth-order valence-corrected chi connectivity index (χ4v) is 5.00. The normalized spacial score (nSPS) is 19.6. The van der Waals surface area contributed by atoms with Crippen LogP contribution in [0.5, 0.6) is 11.5 Å². The standard InChI is InChI=1S/C24H27ClFN5O2.ClH/c1-32-21-11-19-16(24(29-14-28-19)30-18-5-2-4-17(25)23(18)26)10-22(21)33-9-3-7-31-8-6-15-12-27-13-20(15)31;/h2,4-5,10-11,14-15,20,27H,3,6-9,12-13H2,1H3,(H,28,29,30);1H/t15-,20+;/m1./s1. The third kappa shape index (κ3) is 5.00. The van der Waals surface area contributed by atoms with Crippen LogP contribution in [0, 0.1) is 11.7 Å². The first kappa shape index (κ1) is 24.7. The lowest BCUT2D eigenvalue weighted by Gasteiger charge is -2.23. The van der Waals surface area contributed by atoms with Gasteiger partial charge >= 0.3 is 0 Å². The van der Waals surface area contributed by atoms with Crippen molar-refractivity contribution in [3.8, 4) is 11.5 Å². The number of rotatable bonds is 8. The van der Waals surface area contributed by atoms with Gasteiger partial charge < -0.3 is 20.1 Å². The Kier molecular flexibility index (Phi) is 7.93. The number of halogens is 3. The molecule has 1 aromatic heterocycles. The summed E-state index contributed by atoms with van der Waals surface area (Å²) in [6.45, 7) is 4.99. The molecule has 0 unspecified atom stereocenters. The van der Waals surface area contributed by atoms with Gasteiger partial charge in [-0.25, -0.2) is 14.4 Å². The van der Waals surface area contributed by atoms with Crippen molar-refractivity contribution in [3.05, 3.63) is 47.5 Å². The number of methoxy groups -OCH3 is 1. The van der Waals surface area contributed by atoms with E-state index in [-0.39, 0.29) is 23.1 Å². The zero-order valence-electron chi connectivity index (χ0n) is 18.9. The molecule has 3 aromatic rings. The second kappa shape index (κ2) is 10.9. The predicted molar refractivity (Wildman–Crippen MR) is 134 cm³/mol. The molecular formula is C24H28Cl2FN5O2. The molecule has 0 bridgehead atoms. The monoisotopic (exact) mass is 507 g/mol. The Bertz CT molecular complexity index is 1150. The smallest absolute Gasteiger partial charge is 0.165 e. The highest BCUT2D eigenvalue weighted by molar-refractivity contribution is 6.31. The highest BCUT2D eigenvalue weighted by Gasteiger charge is 2.36. The molecule has 3 heterocycles. The summed E-state index contributed by atoms with van der Waals surface area (Å²) in [4.78, 5) is 11.2. The fourth-order valence-electron chi connectivity index (χ4n) is 4.83. The van der Waals surface area contributed by atoms with Crippen LogP contribution in [0.3, 0.4) is 0 Å². The van der Waals surface area contributed by atoms with Gasteiger partial charge in [0, 0.05) is 30.6 Å². The molecule has 2 aromatic carbocycles. The summed E-state index contributed by atoms with van der Waals surface area (Å²) in [7, 11) is 1.60. The van der Waals surface area contributed by atoms with Crippen molar-refractivity contribution in [1.29, 1.82) is 0 Å². The molecule has 2 atom stereocenters. The molecule has 0 amide bonds. The number of ether oxygens (including phenoxy) is 2. The SMILES string of the molecule is COc1cc2ncnc(Nc3cccc(Cl)c3F)c2cc1OCCCN1CC[C@@H]2CNC[C@@H]21.Cl. The van der Waals surface area contributed by atoms with Crippen LogP contribution in [0.1, 0.15) is 12.8 Å². The molecule has 2 saturated heterocycles. The van der Waals surface area contributed by atoms with Gasteiger partial charge in [0.1, 0.15) is 12.1 Å². The lowest BCUT2D eigenvalue weighted by Crippen LogP contribution is -2.35. The Morgan fingerprint density at radius 2 is 2.12 bits per heavy atom. The average Bonchev–Trinajstić information content (AvgIpc) is 3.44. The summed E-state index contributed by atoms with van der Waals surface area (Å²) in [5.41, 5.74) is 0.905. The Morgan fingerprint density at radius 3 is 2.97 bits per heavy atom. The molecule has 0 saturated carbocycles. The van der Waals surface area contributed by atoms with Gasteiger partial charge in [0.05, 0.1) is 29.9 Å². The molecule has 0 spiro atoms. The van der Waals surface area contributed by atoms with Crippen LogP contribution in [0.4, 0.5) is 15.9 Å². The summed E-state index contributed by atoms with van der Waals surface area (Å²) < 4.78 is 26.1. The topological polar surface area (TPSA) is 71.5 Å². The minimum absolute atomic E-state index is 0. The van der Waals surface area contributed by atoms with E-state index < -0.39 is 5.82 Å². The summed E-state index contributed by atoms with van der Waals surface area (Å²) in [5, 5.41) is 7.26. The number of benzene rings is 2. The Morgan fingerprint density at radius 1 is 1.24 bits per heavy atom. The summed E-state index contributed by atoms with van der Waals surface area (Å²) in [6, 6.07) is 9.10. The molecule has 0 radical (unpaired) electrons. The van der Waals surface area contributed by atoms with E-state index in [0.29, 0.717) is 40.9 Å². The average molecular weight is 508 g/mol. The van der Waals surface area contributed by atoms with Gasteiger partial charge in [-0.3, -0.25) is 4.90 Å². The van der Waals surface area contributed by atoms with Gasteiger partial charge in [-0.2, -0.15) is 0 Å². The van der Waals surface area contributed by atoms with Crippen molar-refractivity contribution >= 4 is 46.4 Å². The number of hydrogen-bond donors (Lipinski definition) is 2. The predicted octanol–water partition coefficient (Wildman–Crippen LogP) is 4.66. The van der Waals surface area contributed by atoms with Crippen LogP contribution in [0.25, 0.3) is 10.9 Å². The zero-order chi connectivity index (χ0) is 22.8. The van der Waals surface area contributed by atoms with Gasteiger partial charge in [0.2, 0.25) is 0 Å². The first-order valence-corrected chi connectivity index (χ1v) is 11.6. The highest BCUT2D eigenvalue weighted by atomic mass is 35.5. The number of anilines is 2. The number of fused-ring (bicyclic) bond motifs is 2. The number of nitrogens with zero attached hydrogens (tertiary/aromatic N) is 3. The van der Waals surface area contributed by atoms with Crippen LogP contribution in [0.15, 0.2) is 36.7 Å². The number of hydrogen-bond acceptors (Lipinski definition) is 7. The zero-order valence-corrected chi connectivity index (χ0v) is 20.5. The molecule has 2 aliphatic heterocycles. The molecule has 34 heavy (non-hydrogen) atoms. The molecular weight excluding hydrogens is 480 g/mol. The van der Waals surface area contributed by atoms with Crippen molar-refractivity contribution in [2.75, 3.05) is 45.2 Å². The quantitative estimate of drug-likeness (QED) is 0.429. The Labute approximate surface area is 209 Å². The summed E-state index contributed by atoms with van der Waals surface area (Å²) in [6.07, 6.45) is 3.63. The number of aromatic nitrogens is 2. The third-order valence-corrected chi connectivity index (χ3v) is 6.82. The van der Waals surface area contributed by atoms with Crippen LogP contribution in [0.2, 0.25) is 5.02 Å². The first-order valence-electron chi connectivity index (χ1n) is 11.3. The number of likely N-dealkylation sites (tertiary alicyclic amines) is 1. The maximum Gasteiger partial charge on any atom is 0.165 e.